The number of ether oxygens (including phenoxy) is 1. The lowest BCUT2D eigenvalue weighted by Gasteiger charge is -2.26. The summed E-state index contributed by atoms with van der Waals surface area (Å²) in [5.41, 5.74) is -0.637. The van der Waals surface area contributed by atoms with Crippen LogP contribution in [-0.2, 0) is 24.2 Å². The van der Waals surface area contributed by atoms with Gasteiger partial charge in [-0.15, -0.1) is 0 Å². The first-order chi connectivity index (χ1) is 8.82. The van der Waals surface area contributed by atoms with Crippen LogP contribution in [0.5, 0.6) is 0 Å². The molecule has 0 rings (SSSR count). The van der Waals surface area contributed by atoms with Gasteiger partial charge < -0.3 is 10.1 Å². The molecule has 0 aliphatic heterocycles. The summed E-state index contributed by atoms with van der Waals surface area (Å²) in [5.74, 6) is -1.37. The molecule has 0 aromatic heterocycles. The number of sulfone groups is 1. The Morgan fingerprint density at radius 1 is 1.20 bits per heavy atom. The third kappa shape index (κ3) is 8.90. The Morgan fingerprint density at radius 2 is 1.70 bits per heavy atom. The third-order valence-electron chi connectivity index (χ3n) is 2.34. The maximum absolute atomic E-state index is 12.0. The van der Waals surface area contributed by atoms with Gasteiger partial charge in [0.1, 0.15) is 21.5 Å². The zero-order valence-electron chi connectivity index (χ0n) is 13.0. The van der Waals surface area contributed by atoms with Gasteiger partial charge in [-0.2, -0.15) is 0 Å². The van der Waals surface area contributed by atoms with Crippen LogP contribution in [-0.4, -0.2) is 43.9 Å². The van der Waals surface area contributed by atoms with Crippen molar-refractivity contribution in [2.75, 3.05) is 12.0 Å². The molecule has 0 saturated heterocycles. The van der Waals surface area contributed by atoms with Crippen LogP contribution < -0.4 is 5.32 Å². The van der Waals surface area contributed by atoms with E-state index in [4.69, 9.17) is 4.74 Å². The van der Waals surface area contributed by atoms with E-state index < -0.39 is 33.4 Å². The van der Waals surface area contributed by atoms with E-state index in [0.717, 1.165) is 6.26 Å². The molecule has 6 nitrogen and oxygen atoms in total. The number of amides is 1. The molecule has 0 aliphatic carbocycles. The fraction of sp³-hybridized carbons (Fsp3) is 0.846. The van der Waals surface area contributed by atoms with Crippen LogP contribution >= 0.6 is 0 Å². The fourth-order valence-electron chi connectivity index (χ4n) is 1.39. The zero-order chi connectivity index (χ0) is 16.1. The molecule has 20 heavy (non-hydrogen) atoms. The number of esters is 1. The minimum Gasteiger partial charge on any atom is -0.458 e. The van der Waals surface area contributed by atoms with E-state index in [2.05, 4.69) is 5.32 Å². The summed E-state index contributed by atoms with van der Waals surface area (Å²) in [6, 6.07) is -0.777. The van der Waals surface area contributed by atoms with E-state index in [0.29, 0.717) is 0 Å². The first-order valence-corrected chi connectivity index (χ1v) is 8.58. The lowest BCUT2D eigenvalue weighted by atomic mass is 10.0. The Morgan fingerprint density at radius 3 is 2.05 bits per heavy atom. The fourth-order valence-corrected chi connectivity index (χ4v) is 1.94. The number of nitrogens with one attached hydrogen (secondary N) is 1. The number of carbonyl (C=O) groups is 2. The van der Waals surface area contributed by atoms with Crippen molar-refractivity contribution in [3.8, 4) is 0 Å². The molecule has 0 aliphatic rings. The molecule has 0 heterocycles. The molecule has 0 bridgehead atoms. The third-order valence-corrected chi connectivity index (χ3v) is 3.29. The largest absolute Gasteiger partial charge is 0.458 e. The molecule has 0 unspecified atom stereocenters. The topological polar surface area (TPSA) is 89.5 Å². The van der Waals surface area contributed by atoms with Crippen molar-refractivity contribution < 1.29 is 22.7 Å². The van der Waals surface area contributed by atoms with E-state index in [-0.39, 0.29) is 18.1 Å². The minimum absolute atomic E-state index is 0.146. The standard InChI is InChI=1S/C13H25NO5S/c1-9(2)11(12(16)19-13(3,4)5)14-10(15)7-8-20(6,17)18/h9,11H,7-8H2,1-6H3,(H,14,15)/t11-/m1/s1. The highest BCUT2D eigenvalue weighted by Crippen LogP contribution is 2.12. The lowest BCUT2D eigenvalue weighted by Crippen LogP contribution is -2.47. The zero-order valence-corrected chi connectivity index (χ0v) is 13.8. The lowest BCUT2D eigenvalue weighted by molar-refractivity contribution is -0.160. The highest BCUT2D eigenvalue weighted by molar-refractivity contribution is 7.90. The Kier molecular flexibility index (Phi) is 6.67. The monoisotopic (exact) mass is 307 g/mol. The first-order valence-electron chi connectivity index (χ1n) is 6.52. The molecule has 118 valence electrons. The number of rotatable bonds is 6. The maximum atomic E-state index is 12.0. The van der Waals surface area contributed by atoms with Crippen LogP contribution in [0.25, 0.3) is 0 Å². The molecule has 0 spiro atoms. The molecule has 0 fully saturated rings. The van der Waals surface area contributed by atoms with Gasteiger partial charge in [0, 0.05) is 12.7 Å². The molecule has 0 aromatic carbocycles. The van der Waals surface area contributed by atoms with Gasteiger partial charge in [0.05, 0.1) is 5.75 Å². The van der Waals surface area contributed by atoms with Crippen molar-refractivity contribution in [3.05, 3.63) is 0 Å². The molecule has 0 aromatic rings. The minimum atomic E-state index is -3.20. The molecule has 1 atom stereocenters. The molecular weight excluding hydrogens is 282 g/mol. The van der Waals surface area contributed by atoms with Crippen LogP contribution in [0, 0.1) is 5.92 Å². The molecule has 1 amide bonds. The Hall–Kier alpha value is -1.11. The Balaban J connectivity index is 4.63. The summed E-state index contributed by atoms with van der Waals surface area (Å²) < 4.78 is 27.2. The predicted molar refractivity (Wildman–Crippen MR) is 76.9 cm³/mol. The summed E-state index contributed by atoms with van der Waals surface area (Å²) in [7, 11) is -3.20. The van der Waals surface area contributed by atoms with Gasteiger partial charge in [-0.1, -0.05) is 13.8 Å². The summed E-state index contributed by atoms with van der Waals surface area (Å²) in [6.45, 7) is 8.80. The normalized spacial score (nSPS) is 13.9. The average molecular weight is 307 g/mol. The van der Waals surface area contributed by atoms with Gasteiger partial charge in [0.25, 0.3) is 0 Å². The second-order valence-corrected chi connectivity index (χ2v) is 8.46. The van der Waals surface area contributed by atoms with E-state index in [9.17, 15) is 18.0 Å². The Labute approximate surface area is 121 Å². The summed E-state index contributed by atoms with van der Waals surface area (Å²) in [5, 5.41) is 2.53. The van der Waals surface area contributed by atoms with Crippen LogP contribution in [0.2, 0.25) is 0 Å². The van der Waals surface area contributed by atoms with Gasteiger partial charge in [0.15, 0.2) is 0 Å². The highest BCUT2D eigenvalue weighted by Gasteiger charge is 2.29. The Bertz CT molecular complexity index is 448. The van der Waals surface area contributed by atoms with Gasteiger partial charge in [-0.05, 0) is 26.7 Å². The van der Waals surface area contributed by atoms with Crippen molar-refractivity contribution >= 4 is 21.7 Å². The maximum Gasteiger partial charge on any atom is 0.329 e. The van der Waals surface area contributed by atoms with Crippen molar-refractivity contribution in [1.82, 2.24) is 5.32 Å². The van der Waals surface area contributed by atoms with Gasteiger partial charge >= 0.3 is 5.97 Å². The van der Waals surface area contributed by atoms with E-state index in [1.807, 2.05) is 0 Å². The summed E-state index contributed by atoms with van der Waals surface area (Å²) >= 11 is 0. The number of hydrogen-bond donors (Lipinski definition) is 1. The van der Waals surface area contributed by atoms with E-state index >= 15 is 0 Å². The quantitative estimate of drug-likeness (QED) is 0.737. The molecule has 0 radical (unpaired) electrons. The summed E-state index contributed by atoms with van der Waals surface area (Å²) in [6.07, 6.45) is 0.902. The molecular formula is C13H25NO5S. The van der Waals surface area contributed by atoms with Gasteiger partial charge in [-0.3, -0.25) is 4.79 Å². The number of carbonyl (C=O) groups excluding carboxylic acids is 2. The van der Waals surface area contributed by atoms with Crippen LogP contribution in [0.15, 0.2) is 0 Å². The van der Waals surface area contributed by atoms with Crippen molar-refractivity contribution in [2.24, 2.45) is 5.92 Å². The summed E-state index contributed by atoms with van der Waals surface area (Å²) in [4.78, 5) is 23.7. The predicted octanol–water partition coefficient (Wildman–Crippen LogP) is 0.904. The van der Waals surface area contributed by atoms with E-state index in [1.165, 1.54) is 0 Å². The molecule has 7 heteroatoms. The van der Waals surface area contributed by atoms with Crippen LogP contribution in [0.4, 0.5) is 0 Å². The SMILES string of the molecule is CC(C)[C@@H](NC(=O)CCS(C)(=O)=O)C(=O)OC(C)(C)C. The van der Waals surface area contributed by atoms with E-state index in [1.54, 1.807) is 34.6 Å². The average Bonchev–Trinajstić information content (AvgIpc) is 2.18. The van der Waals surface area contributed by atoms with Crippen molar-refractivity contribution in [1.29, 1.82) is 0 Å². The number of hydrogen-bond acceptors (Lipinski definition) is 5. The highest BCUT2D eigenvalue weighted by atomic mass is 32.2. The first kappa shape index (κ1) is 18.9. The van der Waals surface area contributed by atoms with Gasteiger partial charge in [-0.25, -0.2) is 13.2 Å². The van der Waals surface area contributed by atoms with Gasteiger partial charge in [0.2, 0.25) is 5.91 Å². The second-order valence-electron chi connectivity index (χ2n) is 6.20. The smallest absolute Gasteiger partial charge is 0.329 e. The molecule has 1 N–H and O–H groups in total. The second kappa shape index (κ2) is 7.06. The van der Waals surface area contributed by atoms with Crippen molar-refractivity contribution in [2.45, 2.75) is 52.7 Å². The van der Waals surface area contributed by atoms with Crippen LogP contribution in [0.3, 0.4) is 0 Å². The molecule has 0 saturated carbocycles. The van der Waals surface area contributed by atoms with Crippen LogP contribution in [0.1, 0.15) is 41.0 Å². The van der Waals surface area contributed by atoms with Crippen molar-refractivity contribution in [3.63, 3.8) is 0 Å².